The van der Waals surface area contributed by atoms with Gasteiger partial charge in [0.1, 0.15) is 5.60 Å². The smallest absolute Gasteiger partial charge is 0.194 e. The van der Waals surface area contributed by atoms with E-state index in [1.54, 1.807) is 12.1 Å². The number of carbonyl (C=O) groups excluding carboxylic acids is 1. The van der Waals surface area contributed by atoms with E-state index >= 15 is 0 Å². The number of hydrogen-bond donors (Lipinski definition) is 1. The minimum absolute atomic E-state index is 0.0334. The summed E-state index contributed by atoms with van der Waals surface area (Å²) in [4.78, 5) is 14.5. The van der Waals surface area contributed by atoms with Crippen LogP contribution in [0.2, 0.25) is 0 Å². The second kappa shape index (κ2) is 4.59. The first-order valence-corrected chi connectivity index (χ1v) is 6.05. The number of benzene rings is 1. The highest BCUT2D eigenvalue weighted by molar-refractivity contribution is 6.02. The van der Waals surface area contributed by atoms with Crippen LogP contribution in [0.4, 0.5) is 0 Å². The Morgan fingerprint density at radius 3 is 2.65 bits per heavy atom. The van der Waals surface area contributed by atoms with Crippen molar-refractivity contribution in [3.63, 3.8) is 0 Å². The summed E-state index contributed by atoms with van der Waals surface area (Å²) in [5.74, 6) is -0.173. The standard InChI is InChI=1S/C14H19NO2/c1-11-10-15(2)9-8-14(11,17)13(16)12-6-4-3-5-7-12/h3-7,11,17H,8-10H2,1-2H3/t11-,14+/m1/s1. The summed E-state index contributed by atoms with van der Waals surface area (Å²) in [6, 6.07) is 9.07. The molecule has 0 spiro atoms. The predicted molar refractivity (Wildman–Crippen MR) is 67.0 cm³/mol. The van der Waals surface area contributed by atoms with E-state index in [1.165, 1.54) is 0 Å². The maximum atomic E-state index is 12.4. The van der Waals surface area contributed by atoms with Crippen LogP contribution in [0.3, 0.4) is 0 Å². The van der Waals surface area contributed by atoms with E-state index in [1.807, 2.05) is 32.2 Å². The summed E-state index contributed by atoms with van der Waals surface area (Å²) in [7, 11) is 2.02. The molecule has 1 saturated heterocycles. The van der Waals surface area contributed by atoms with Gasteiger partial charge in [0.05, 0.1) is 0 Å². The average Bonchev–Trinajstić information content (AvgIpc) is 2.34. The molecule has 0 bridgehead atoms. The number of hydrogen-bond acceptors (Lipinski definition) is 3. The Morgan fingerprint density at radius 2 is 2.06 bits per heavy atom. The first-order valence-electron chi connectivity index (χ1n) is 6.05. The minimum atomic E-state index is -1.20. The van der Waals surface area contributed by atoms with Crippen molar-refractivity contribution in [2.24, 2.45) is 5.92 Å². The Balaban J connectivity index is 2.24. The van der Waals surface area contributed by atoms with E-state index < -0.39 is 5.60 Å². The van der Waals surface area contributed by atoms with Crippen LogP contribution in [0.1, 0.15) is 23.7 Å². The number of rotatable bonds is 2. The maximum absolute atomic E-state index is 12.4. The molecular formula is C14H19NO2. The monoisotopic (exact) mass is 233 g/mol. The van der Waals surface area contributed by atoms with Gasteiger partial charge in [-0.2, -0.15) is 0 Å². The maximum Gasteiger partial charge on any atom is 0.194 e. The fraction of sp³-hybridized carbons (Fsp3) is 0.500. The second-order valence-electron chi connectivity index (χ2n) is 5.03. The normalized spacial score (nSPS) is 30.2. The van der Waals surface area contributed by atoms with Crippen molar-refractivity contribution in [3.05, 3.63) is 35.9 Å². The van der Waals surface area contributed by atoms with Gasteiger partial charge in [-0.3, -0.25) is 4.79 Å². The number of Topliss-reactive ketones (excluding diaryl/α,β-unsaturated/α-hetero) is 1. The van der Waals surface area contributed by atoms with Crippen molar-refractivity contribution in [1.82, 2.24) is 4.90 Å². The Bertz CT molecular complexity index is 404. The first-order chi connectivity index (χ1) is 8.04. The van der Waals surface area contributed by atoms with Gasteiger partial charge in [0.15, 0.2) is 5.78 Å². The van der Waals surface area contributed by atoms with Gasteiger partial charge < -0.3 is 10.0 Å². The van der Waals surface area contributed by atoms with Crippen LogP contribution >= 0.6 is 0 Å². The van der Waals surface area contributed by atoms with Gasteiger partial charge >= 0.3 is 0 Å². The molecule has 0 aromatic heterocycles. The van der Waals surface area contributed by atoms with Crippen LogP contribution < -0.4 is 0 Å². The number of piperidine rings is 1. The minimum Gasteiger partial charge on any atom is -0.381 e. The fourth-order valence-electron chi connectivity index (χ4n) is 2.49. The van der Waals surface area contributed by atoms with E-state index in [9.17, 15) is 9.90 Å². The summed E-state index contributed by atoms with van der Waals surface area (Å²) >= 11 is 0. The molecule has 3 heteroatoms. The topological polar surface area (TPSA) is 40.5 Å². The predicted octanol–water partition coefficient (Wildman–Crippen LogP) is 1.57. The molecule has 0 saturated carbocycles. The molecule has 0 amide bonds. The number of nitrogens with zero attached hydrogens (tertiary/aromatic N) is 1. The van der Waals surface area contributed by atoms with Crippen molar-refractivity contribution in [3.8, 4) is 0 Å². The van der Waals surface area contributed by atoms with Gasteiger partial charge in [0, 0.05) is 24.6 Å². The highest BCUT2D eigenvalue weighted by Crippen LogP contribution is 2.30. The highest BCUT2D eigenvalue weighted by atomic mass is 16.3. The van der Waals surface area contributed by atoms with Crippen LogP contribution in [0.15, 0.2) is 30.3 Å². The van der Waals surface area contributed by atoms with Gasteiger partial charge in [0.2, 0.25) is 0 Å². The highest BCUT2D eigenvalue weighted by Gasteiger charge is 2.44. The summed E-state index contributed by atoms with van der Waals surface area (Å²) in [6.07, 6.45) is 0.512. The lowest BCUT2D eigenvalue weighted by molar-refractivity contribution is -0.0365. The average molecular weight is 233 g/mol. The second-order valence-corrected chi connectivity index (χ2v) is 5.03. The van der Waals surface area contributed by atoms with Crippen LogP contribution in [-0.4, -0.2) is 41.5 Å². The largest absolute Gasteiger partial charge is 0.381 e. The van der Waals surface area contributed by atoms with Crippen molar-refractivity contribution in [2.45, 2.75) is 18.9 Å². The molecule has 1 heterocycles. The van der Waals surface area contributed by atoms with Crippen molar-refractivity contribution in [1.29, 1.82) is 0 Å². The summed E-state index contributed by atoms with van der Waals surface area (Å²) in [6.45, 7) is 3.46. The lowest BCUT2D eigenvalue weighted by Gasteiger charge is -2.40. The SMILES string of the molecule is C[C@@H]1CN(C)CC[C@@]1(O)C(=O)c1ccccc1. The molecule has 1 N–H and O–H groups in total. The summed E-state index contributed by atoms with van der Waals surface area (Å²) < 4.78 is 0. The number of carbonyl (C=O) groups is 1. The zero-order chi connectivity index (χ0) is 12.5. The van der Waals surface area contributed by atoms with E-state index in [4.69, 9.17) is 0 Å². The molecule has 1 fully saturated rings. The van der Waals surface area contributed by atoms with Gasteiger partial charge in [-0.05, 0) is 13.5 Å². The molecule has 0 unspecified atom stereocenters. The third-order valence-corrected chi connectivity index (χ3v) is 3.70. The molecule has 2 atom stereocenters. The molecular weight excluding hydrogens is 214 g/mol. The lowest BCUT2D eigenvalue weighted by atomic mass is 9.77. The van der Waals surface area contributed by atoms with E-state index in [-0.39, 0.29) is 11.7 Å². The quantitative estimate of drug-likeness (QED) is 0.788. The van der Waals surface area contributed by atoms with E-state index in [0.717, 1.165) is 13.1 Å². The zero-order valence-electron chi connectivity index (χ0n) is 10.4. The van der Waals surface area contributed by atoms with Gasteiger partial charge in [-0.15, -0.1) is 0 Å². The molecule has 2 rings (SSSR count). The van der Waals surface area contributed by atoms with Crippen LogP contribution in [0.5, 0.6) is 0 Å². The Hall–Kier alpha value is -1.19. The van der Waals surface area contributed by atoms with Crippen molar-refractivity contribution >= 4 is 5.78 Å². The molecule has 0 radical (unpaired) electrons. The number of ketones is 1. The van der Waals surface area contributed by atoms with E-state index in [0.29, 0.717) is 12.0 Å². The summed E-state index contributed by atoms with van der Waals surface area (Å²) in [5, 5.41) is 10.6. The number of likely N-dealkylation sites (tertiary alicyclic amines) is 1. The molecule has 1 aliphatic rings. The first kappa shape index (κ1) is 12.3. The van der Waals surface area contributed by atoms with Crippen molar-refractivity contribution in [2.75, 3.05) is 20.1 Å². The molecule has 0 aliphatic carbocycles. The molecule has 1 aromatic rings. The molecule has 3 nitrogen and oxygen atoms in total. The Labute approximate surface area is 102 Å². The Morgan fingerprint density at radius 1 is 1.41 bits per heavy atom. The van der Waals surface area contributed by atoms with Gasteiger partial charge in [-0.25, -0.2) is 0 Å². The fourth-order valence-corrected chi connectivity index (χ4v) is 2.49. The number of aliphatic hydroxyl groups is 1. The molecule has 17 heavy (non-hydrogen) atoms. The van der Waals surface area contributed by atoms with Crippen LogP contribution in [0.25, 0.3) is 0 Å². The van der Waals surface area contributed by atoms with Gasteiger partial charge in [-0.1, -0.05) is 37.3 Å². The zero-order valence-corrected chi connectivity index (χ0v) is 10.4. The summed E-state index contributed by atoms with van der Waals surface area (Å²) in [5.41, 5.74) is -0.597. The molecule has 1 aliphatic heterocycles. The van der Waals surface area contributed by atoms with Crippen LogP contribution in [0, 0.1) is 5.92 Å². The van der Waals surface area contributed by atoms with Gasteiger partial charge in [0.25, 0.3) is 0 Å². The third kappa shape index (κ3) is 2.26. The van der Waals surface area contributed by atoms with Crippen molar-refractivity contribution < 1.29 is 9.90 Å². The third-order valence-electron chi connectivity index (χ3n) is 3.70. The van der Waals surface area contributed by atoms with E-state index in [2.05, 4.69) is 4.90 Å². The molecule has 1 aromatic carbocycles. The molecule has 92 valence electrons. The Kier molecular flexibility index (Phi) is 3.31. The van der Waals surface area contributed by atoms with Crippen LogP contribution in [-0.2, 0) is 0 Å². The lowest BCUT2D eigenvalue weighted by Crippen LogP contribution is -2.54.